The lowest BCUT2D eigenvalue weighted by molar-refractivity contribution is -0.139. The van der Waals surface area contributed by atoms with Crippen LogP contribution in [0.15, 0.2) is 36.5 Å². The number of alkyl halides is 3. The van der Waals surface area contributed by atoms with Crippen LogP contribution in [0.4, 0.5) is 29.2 Å². The molecule has 2 heterocycles. The first-order valence-electron chi connectivity index (χ1n) is 7.99. The number of benzene rings is 1. The van der Waals surface area contributed by atoms with Gasteiger partial charge in [0.05, 0.1) is 12.1 Å². The molecule has 10 heteroatoms. The lowest BCUT2D eigenvalue weighted by atomic mass is 10.2. The molecule has 0 unspecified atom stereocenters. The number of pyridine rings is 1. The van der Waals surface area contributed by atoms with Crippen LogP contribution >= 0.6 is 0 Å². The number of halogens is 4. The highest BCUT2D eigenvalue weighted by atomic mass is 19.4. The standard InChI is InChI=1S/C17H16F4N6/c1-10-8-11(4-6-23-10)15-25-16(26-27(15)7-5-22)24-12-2-3-14(18)13(9-12)17(19,20)21/h2-4,6,8-9H,5,7,22H2,1H3,(H,24,26). The molecule has 0 amide bonds. The maximum atomic E-state index is 13.4. The number of aryl methyl sites for hydroxylation is 1. The molecule has 0 aliphatic carbocycles. The van der Waals surface area contributed by atoms with E-state index in [0.29, 0.717) is 25.0 Å². The summed E-state index contributed by atoms with van der Waals surface area (Å²) in [5.41, 5.74) is 5.77. The van der Waals surface area contributed by atoms with Gasteiger partial charge in [0, 0.05) is 29.7 Å². The van der Waals surface area contributed by atoms with Gasteiger partial charge < -0.3 is 11.1 Å². The van der Waals surface area contributed by atoms with Crippen molar-refractivity contribution in [1.29, 1.82) is 0 Å². The van der Waals surface area contributed by atoms with Crippen LogP contribution in [0.2, 0.25) is 0 Å². The minimum Gasteiger partial charge on any atom is -0.329 e. The number of hydrogen-bond acceptors (Lipinski definition) is 5. The summed E-state index contributed by atoms with van der Waals surface area (Å²) < 4.78 is 53.6. The van der Waals surface area contributed by atoms with E-state index in [-0.39, 0.29) is 11.6 Å². The zero-order valence-electron chi connectivity index (χ0n) is 14.3. The third-order valence-corrected chi connectivity index (χ3v) is 3.70. The van der Waals surface area contributed by atoms with Gasteiger partial charge in [0.1, 0.15) is 5.82 Å². The van der Waals surface area contributed by atoms with Crippen LogP contribution in [-0.4, -0.2) is 26.3 Å². The smallest absolute Gasteiger partial charge is 0.329 e. The molecule has 0 saturated carbocycles. The van der Waals surface area contributed by atoms with Crippen molar-refractivity contribution in [3.05, 3.63) is 53.6 Å². The topological polar surface area (TPSA) is 81.7 Å². The van der Waals surface area contributed by atoms with Crippen LogP contribution in [0, 0.1) is 12.7 Å². The molecule has 0 atom stereocenters. The number of nitrogens with zero attached hydrogens (tertiary/aromatic N) is 4. The lowest BCUT2D eigenvalue weighted by Gasteiger charge is -2.10. The first-order chi connectivity index (χ1) is 12.8. The predicted octanol–water partition coefficient (Wildman–Crippen LogP) is 3.51. The summed E-state index contributed by atoms with van der Waals surface area (Å²) in [4.78, 5) is 8.45. The average molecular weight is 380 g/mol. The van der Waals surface area contributed by atoms with Gasteiger partial charge in [0.2, 0.25) is 5.95 Å². The van der Waals surface area contributed by atoms with E-state index in [4.69, 9.17) is 5.73 Å². The first kappa shape index (κ1) is 18.8. The molecule has 142 valence electrons. The fourth-order valence-electron chi connectivity index (χ4n) is 2.52. The number of anilines is 2. The van der Waals surface area contributed by atoms with E-state index in [1.807, 2.05) is 6.92 Å². The van der Waals surface area contributed by atoms with E-state index in [0.717, 1.165) is 17.3 Å². The van der Waals surface area contributed by atoms with Crippen molar-refractivity contribution in [2.75, 3.05) is 11.9 Å². The van der Waals surface area contributed by atoms with E-state index < -0.39 is 17.6 Å². The average Bonchev–Trinajstić information content (AvgIpc) is 2.98. The van der Waals surface area contributed by atoms with Crippen molar-refractivity contribution in [1.82, 2.24) is 19.7 Å². The maximum absolute atomic E-state index is 13.4. The highest BCUT2D eigenvalue weighted by Crippen LogP contribution is 2.33. The molecule has 0 spiro atoms. The van der Waals surface area contributed by atoms with Crippen molar-refractivity contribution in [2.45, 2.75) is 19.6 Å². The summed E-state index contributed by atoms with van der Waals surface area (Å²) in [5.74, 6) is -0.776. The molecule has 3 N–H and O–H groups in total. The monoisotopic (exact) mass is 380 g/mol. The Morgan fingerprint density at radius 1 is 1.19 bits per heavy atom. The molecule has 3 aromatic rings. The van der Waals surface area contributed by atoms with E-state index in [1.165, 1.54) is 6.07 Å². The number of aromatic nitrogens is 4. The summed E-state index contributed by atoms with van der Waals surface area (Å²) >= 11 is 0. The van der Waals surface area contributed by atoms with E-state index in [9.17, 15) is 17.6 Å². The minimum absolute atomic E-state index is 0.0195. The number of hydrogen-bond donors (Lipinski definition) is 2. The molecule has 0 saturated heterocycles. The van der Waals surface area contributed by atoms with Gasteiger partial charge in [0.25, 0.3) is 0 Å². The Kier molecular flexibility index (Phi) is 5.08. The fourth-order valence-corrected chi connectivity index (χ4v) is 2.52. The summed E-state index contributed by atoms with van der Waals surface area (Å²) in [6, 6.07) is 6.16. The largest absolute Gasteiger partial charge is 0.419 e. The summed E-state index contributed by atoms with van der Waals surface area (Å²) in [5, 5.41) is 6.92. The summed E-state index contributed by atoms with van der Waals surface area (Å²) in [6.07, 6.45) is -3.18. The Balaban J connectivity index is 1.96. The van der Waals surface area contributed by atoms with Gasteiger partial charge in [-0.2, -0.15) is 18.2 Å². The molecule has 6 nitrogen and oxygen atoms in total. The highest BCUT2D eigenvalue weighted by molar-refractivity contribution is 5.60. The molecule has 0 aliphatic rings. The number of rotatable bonds is 5. The molecule has 3 rings (SSSR count). The Morgan fingerprint density at radius 2 is 1.96 bits per heavy atom. The van der Waals surface area contributed by atoms with Gasteiger partial charge in [0.15, 0.2) is 5.82 Å². The van der Waals surface area contributed by atoms with E-state index in [2.05, 4.69) is 20.4 Å². The third-order valence-electron chi connectivity index (χ3n) is 3.70. The molecular weight excluding hydrogens is 364 g/mol. The van der Waals surface area contributed by atoms with Crippen LogP contribution in [0.3, 0.4) is 0 Å². The van der Waals surface area contributed by atoms with Gasteiger partial charge in [-0.3, -0.25) is 4.98 Å². The van der Waals surface area contributed by atoms with Gasteiger partial charge >= 0.3 is 6.18 Å². The molecular formula is C17H16F4N6. The predicted molar refractivity (Wildman–Crippen MR) is 91.7 cm³/mol. The minimum atomic E-state index is -4.80. The second kappa shape index (κ2) is 7.31. The van der Waals surface area contributed by atoms with Crippen LogP contribution in [0.1, 0.15) is 11.3 Å². The molecule has 0 bridgehead atoms. The lowest BCUT2D eigenvalue weighted by Crippen LogP contribution is -2.12. The molecule has 27 heavy (non-hydrogen) atoms. The Labute approximate surface area is 152 Å². The zero-order chi connectivity index (χ0) is 19.6. The normalized spacial score (nSPS) is 11.6. The molecule has 0 aliphatic heterocycles. The van der Waals surface area contributed by atoms with Crippen LogP contribution in [0.25, 0.3) is 11.4 Å². The van der Waals surface area contributed by atoms with Crippen LogP contribution < -0.4 is 11.1 Å². The second-order valence-corrected chi connectivity index (χ2v) is 5.77. The quantitative estimate of drug-likeness (QED) is 0.662. The maximum Gasteiger partial charge on any atom is 0.419 e. The summed E-state index contributed by atoms with van der Waals surface area (Å²) in [6.45, 7) is 2.49. The first-order valence-corrected chi connectivity index (χ1v) is 7.99. The third kappa shape index (κ3) is 4.22. The second-order valence-electron chi connectivity index (χ2n) is 5.77. The molecule has 0 radical (unpaired) electrons. The Hall–Kier alpha value is -3.01. The molecule has 1 aromatic carbocycles. The Bertz CT molecular complexity index is 951. The van der Waals surface area contributed by atoms with Gasteiger partial charge in [-0.25, -0.2) is 9.07 Å². The van der Waals surface area contributed by atoms with E-state index in [1.54, 1.807) is 23.0 Å². The molecule has 2 aromatic heterocycles. The fraction of sp³-hybridized carbons (Fsp3) is 0.235. The van der Waals surface area contributed by atoms with Gasteiger partial charge in [-0.15, -0.1) is 5.10 Å². The zero-order valence-corrected chi connectivity index (χ0v) is 14.3. The summed E-state index contributed by atoms with van der Waals surface area (Å²) in [7, 11) is 0. The SMILES string of the molecule is Cc1cc(-c2nc(Nc3ccc(F)c(C(F)(F)F)c3)nn2CCN)ccn1. The van der Waals surface area contributed by atoms with Crippen molar-refractivity contribution < 1.29 is 17.6 Å². The number of nitrogens with one attached hydrogen (secondary N) is 1. The molecule has 0 fully saturated rings. The van der Waals surface area contributed by atoms with Crippen molar-refractivity contribution >= 4 is 11.6 Å². The van der Waals surface area contributed by atoms with Crippen molar-refractivity contribution in [2.24, 2.45) is 5.73 Å². The Morgan fingerprint density at radius 3 is 2.63 bits per heavy atom. The van der Waals surface area contributed by atoms with Crippen LogP contribution in [-0.2, 0) is 12.7 Å². The van der Waals surface area contributed by atoms with E-state index >= 15 is 0 Å². The highest BCUT2D eigenvalue weighted by Gasteiger charge is 2.34. The number of nitrogens with two attached hydrogens (primary N) is 1. The van der Waals surface area contributed by atoms with Crippen LogP contribution in [0.5, 0.6) is 0 Å². The van der Waals surface area contributed by atoms with Gasteiger partial charge in [-0.05, 0) is 37.3 Å². The van der Waals surface area contributed by atoms with Crippen molar-refractivity contribution in [3.63, 3.8) is 0 Å². The van der Waals surface area contributed by atoms with Crippen molar-refractivity contribution in [3.8, 4) is 11.4 Å². The van der Waals surface area contributed by atoms with Gasteiger partial charge in [-0.1, -0.05) is 0 Å².